The van der Waals surface area contributed by atoms with Crippen molar-refractivity contribution in [1.29, 1.82) is 0 Å². The number of hydrogen-bond acceptors (Lipinski definition) is 3. The van der Waals surface area contributed by atoms with Gasteiger partial charge in [0, 0.05) is 0 Å². The van der Waals surface area contributed by atoms with E-state index in [1.807, 2.05) is 0 Å². The van der Waals surface area contributed by atoms with Crippen molar-refractivity contribution in [3.8, 4) is 11.5 Å². The van der Waals surface area contributed by atoms with Gasteiger partial charge in [0.25, 0.3) is 5.91 Å². The zero-order valence-corrected chi connectivity index (χ0v) is 7.88. The average Bonchev–Trinajstić information content (AvgIpc) is 2.13. The van der Waals surface area contributed by atoms with Crippen LogP contribution in [-0.2, 0) is 0 Å². The molecule has 0 fully saturated rings. The first-order valence-electron chi connectivity index (χ1n) is 4.17. The largest absolute Gasteiger partial charge is 0.507 e. The van der Waals surface area contributed by atoms with Crippen LogP contribution in [-0.4, -0.2) is 28.8 Å². The predicted octanol–water partition coefficient (Wildman–Crippen LogP) is 1.39. The van der Waals surface area contributed by atoms with Crippen LogP contribution in [0, 0.1) is 0 Å². The Hall–Kier alpha value is -1.92. The van der Waals surface area contributed by atoms with Crippen LogP contribution >= 0.6 is 0 Å². The van der Waals surface area contributed by atoms with E-state index in [9.17, 15) is 28.2 Å². The number of phenolic OH excluding ortho intramolecular Hbond substituents is 2. The van der Waals surface area contributed by atoms with E-state index < -0.39 is 35.7 Å². The van der Waals surface area contributed by atoms with E-state index in [1.165, 1.54) is 11.4 Å². The Balaban J connectivity index is 2.81. The van der Waals surface area contributed by atoms with Crippen molar-refractivity contribution in [2.24, 2.45) is 0 Å². The number of rotatable bonds is 2. The van der Waals surface area contributed by atoms with Gasteiger partial charge in [0.2, 0.25) is 0 Å². The van der Waals surface area contributed by atoms with Crippen molar-refractivity contribution in [1.82, 2.24) is 5.32 Å². The van der Waals surface area contributed by atoms with Crippen LogP contribution in [0.1, 0.15) is 10.4 Å². The fourth-order valence-corrected chi connectivity index (χ4v) is 1.03. The summed E-state index contributed by atoms with van der Waals surface area (Å²) in [6.45, 7) is -1.53. The molecule has 0 aliphatic heterocycles. The number of halogens is 3. The number of hydrogen-bond donors (Lipinski definition) is 3. The molecule has 1 aromatic carbocycles. The van der Waals surface area contributed by atoms with Gasteiger partial charge in [0.1, 0.15) is 23.6 Å². The molecule has 0 radical (unpaired) electrons. The van der Waals surface area contributed by atoms with Gasteiger partial charge in [-0.05, 0) is 12.1 Å². The molecule has 7 heteroatoms. The molecule has 1 amide bonds. The van der Waals surface area contributed by atoms with Gasteiger partial charge in [-0.15, -0.1) is 0 Å². The van der Waals surface area contributed by atoms with Crippen LogP contribution in [0.3, 0.4) is 0 Å². The molecule has 4 nitrogen and oxygen atoms in total. The van der Waals surface area contributed by atoms with Gasteiger partial charge >= 0.3 is 6.18 Å². The van der Waals surface area contributed by atoms with Gasteiger partial charge in [0.05, 0.1) is 0 Å². The number of phenols is 2. The molecule has 0 heterocycles. The highest BCUT2D eigenvalue weighted by Crippen LogP contribution is 2.26. The van der Waals surface area contributed by atoms with Crippen LogP contribution in [0.25, 0.3) is 0 Å². The molecule has 0 bridgehead atoms. The van der Waals surface area contributed by atoms with Crippen molar-refractivity contribution in [2.45, 2.75) is 6.18 Å². The average molecular weight is 235 g/mol. The zero-order valence-electron chi connectivity index (χ0n) is 7.88. The van der Waals surface area contributed by atoms with Crippen LogP contribution in [0.5, 0.6) is 11.5 Å². The normalized spacial score (nSPS) is 11.2. The van der Waals surface area contributed by atoms with Gasteiger partial charge in [0.15, 0.2) is 0 Å². The molecule has 88 valence electrons. The summed E-state index contributed by atoms with van der Waals surface area (Å²) in [6.07, 6.45) is -4.55. The molecule has 0 aromatic heterocycles. The molecule has 0 aliphatic rings. The minimum Gasteiger partial charge on any atom is -0.507 e. The number of benzene rings is 1. The van der Waals surface area contributed by atoms with E-state index >= 15 is 0 Å². The number of carbonyl (C=O) groups is 1. The minimum absolute atomic E-state index is 0.577. The van der Waals surface area contributed by atoms with Crippen LogP contribution in [0.15, 0.2) is 18.2 Å². The van der Waals surface area contributed by atoms with Crippen LogP contribution in [0.2, 0.25) is 0 Å². The highest BCUT2D eigenvalue weighted by molar-refractivity contribution is 5.99. The molecule has 0 saturated heterocycles. The molecule has 0 atom stereocenters. The van der Waals surface area contributed by atoms with E-state index in [0.717, 1.165) is 12.1 Å². The maximum atomic E-state index is 11.8. The van der Waals surface area contributed by atoms with Crippen molar-refractivity contribution in [2.75, 3.05) is 6.54 Å². The van der Waals surface area contributed by atoms with Gasteiger partial charge in [-0.3, -0.25) is 4.79 Å². The molecule has 3 N–H and O–H groups in total. The Morgan fingerprint density at radius 2 is 1.75 bits per heavy atom. The Labute approximate surface area is 88.3 Å². The third-order valence-corrected chi connectivity index (χ3v) is 1.70. The van der Waals surface area contributed by atoms with E-state index in [2.05, 4.69) is 0 Å². The predicted molar refractivity (Wildman–Crippen MR) is 48.2 cm³/mol. The SMILES string of the molecule is O=C(NCC(F)(F)F)c1c(O)cccc1O. The lowest BCUT2D eigenvalue weighted by Crippen LogP contribution is -2.33. The first-order valence-corrected chi connectivity index (χ1v) is 4.17. The number of carbonyl (C=O) groups excluding carboxylic acids is 1. The summed E-state index contributed by atoms with van der Waals surface area (Å²) in [4.78, 5) is 11.2. The standard InChI is InChI=1S/C9H8F3NO3/c10-9(11,12)4-13-8(16)7-5(14)2-1-3-6(7)15/h1-3,14-15H,4H2,(H,13,16). The Bertz CT molecular complexity index is 383. The molecule has 0 spiro atoms. The first-order chi connectivity index (χ1) is 7.31. The lowest BCUT2D eigenvalue weighted by Gasteiger charge is -2.10. The number of amides is 1. The Morgan fingerprint density at radius 1 is 1.25 bits per heavy atom. The Kier molecular flexibility index (Phi) is 3.26. The highest BCUT2D eigenvalue weighted by atomic mass is 19.4. The number of nitrogens with one attached hydrogen (secondary N) is 1. The van der Waals surface area contributed by atoms with Crippen LogP contribution in [0.4, 0.5) is 13.2 Å². The fourth-order valence-electron chi connectivity index (χ4n) is 1.03. The third-order valence-electron chi connectivity index (χ3n) is 1.70. The first kappa shape index (κ1) is 12.2. The maximum absolute atomic E-state index is 11.8. The van der Waals surface area contributed by atoms with Crippen molar-refractivity contribution < 1.29 is 28.2 Å². The molecular formula is C9H8F3NO3. The lowest BCUT2D eigenvalue weighted by atomic mass is 10.1. The van der Waals surface area contributed by atoms with Crippen LogP contribution < -0.4 is 5.32 Å². The van der Waals surface area contributed by atoms with E-state index in [0.29, 0.717) is 0 Å². The van der Waals surface area contributed by atoms with Crippen molar-refractivity contribution in [3.63, 3.8) is 0 Å². The fraction of sp³-hybridized carbons (Fsp3) is 0.222. The highest BCUT2D eigenvalue weighted by Gasteiger charge is 2.29. The molecular weight excluding hydrogens is 227 g/mol. The molecule has 0 unspecified atom stereocenters. The smallest absolute Gasteiger partial charge is 0.405 e. The summed E-state index contributed by atoms with van der Waals surface area (Å²) in [5.74, 6) is -2.35. The molecule has 16 heavy (non-hydrogen) atoms. The number of aromatic hydroxyl groups is 2. The summed E-state index contributed by atoms with van der Waals surface area (Å²) in [5.41, 5.74) is -0.577. The van der Waals surface area contributed by atoms with E-state index in [1.54, 1.807) is 0 Å². The van der Waals surface area contributed by atoms with E-state index in [-0.39, 0.29) is 0 Å². The molecule has 1 aromatic rings. The molecule has 1 rings (SSSR count). The lowest BCUT2D eigenvalue weighted by molar-refractivity contribution is -0.123. The second-order valence-electron chi connectivity index (χ2n) is 2.97. The van der Waals surface area contributed by atoms with Crippen molar-refractivity contribution in [3.05, 3.63) is 23.8 Å². The Morgan fingerprint density at radius 3 is 2.19 bits per heavy atom. The topological polar surface area (TPSA) is 69.6 Å². The van der Waals surface area contributed by atoms with E-state index in [4.69, 9.17) is 0 Å². The maximum Gasteiger partial charge on any atom is 0.405 e. The van der Waals surface area contributed by atoms with Gasteiger partial charge in [-0.2, -0.15) is 13.2 Å². The molecule has 0 aliphatic carbocycles. The minimum atomic E-state index is -4.55. The summed E-state index contributed by atoms with van der Waals surface area (Å²) < 4.78 is 35.4. The van der Waals surface area contributed by atoms with Crippen molar-refractivity contribution >= 4 is 5.91 Å². The molecule has 0 saturated carbocycles. The van der Waals surface area contributed by atoms with Gasteiger partial charge < -0.3 is 15.5 Å². The second-order valence-corrected chi connectivity index (χ2v) is 2.97. The monoisotopic (exact) mass is 235 g/mol. The number of alkyl halides is 3. The summed E-state index contributed by atoms with van der Waals surface area (Å²) in [7, 11) is 0. The summed E-state index contributed by atoms with van der Waals surface area (Å²) in [6, 6.07) is 3.43. The third kappa shape index (κ3) is 3.04. The zero-order chi connectivity index (χ0) is 12.3. The quantitative estimate of drug-likeness (QED) is 0.725. The summed E-state index contributed by atoms with van der Waals surface area (Å²) in [5, 5.41) is 19.9. The second kappa shape index (κ2) is 4.30. The van der Waals surface area contributed by atoms with Gasteiger partial charge in [-0.1, -0.05) is 6.07 Å². The summed E-state index contributed by atoms with van der Waals surface area (Å²) >= 11 is 0. The van der Waals surface area contributed by atoms with Gasteiger partial charge in [-0.25, -0.2) is 0 Å².